The topological polar surface area (TPSA) is 55.8 Å². The summed E-state index contributed by atoms with van der Waals surface area (Å²) in [6, 6.07) is 0. The van der Waals surface area contributed by atoms with Gasteiger partial charge in [-0.15, -0.1) is 0 Å². The third-order valence-electron chi connectivity index (χ3n) is 1.77. The zero-order valence-corrected chi connectivity index (χ0v) is 6.61. The minimum absolute atomic E-state index is 0.141. The van der Waals surface area contributed by atoms with Crippen molar-refractivity contribution in [2.24, 2.45) is 0 Å². The molecule has 64 valence electrons. The van der Waals surface area contributed by atoms with Crippen molar-refractivity contribution in [2.45, 2.75) is 31.8 Å². The lowest BCUT2D eigenvalue weighted by Crippen LogP contribution is -2.44. The summed E-state index contributed by atoms with van der Waals surface area (Å²) in [6.45, 7) is 1.65. The predicted molar refractivity (Wildman–Crippen MR) is 37.0 cm³/mol. The molecular formula is C7H12O4. The minimum Gasteiger partial charge on any atom is -0.383 e. The van der Waals surface area contributed by atoms with Crippen LogP contribution in [0.3, 0.4) is 0 Å². The molecule has 0 saturated carbocycles. The van der Waals surface area contributed by atoms with Gasteiger partial charge in [0.2, 0.25) is 0 Å². The van der Waals surface area contributed by atoms with E-state index in [0.717, 1.165) is 0 Å². The summed E-state index contributed by atoms with van der Waals surface area (Å²) in [5.74, 6) is -0.212. The Labute approximate surface area is 65.1 Å². The van der Waals surface area contributed by atoms with E-state index in [4.69, 9.17) is 14.6 Å². The number of methoxy groups -OCH3 is 1. The molecule has 0 aromatic heterocycles. The Hall–Kier alpha value is -0.450. The molecule has 3 atom stereocenters. The summed E-state index contributed by atoms with van der Waals surface area (Å²) < 4.78 is 9.95. The lowest BCUT2D eigenvalue weighted by Gasteiger charge is -2.29. The maximum atomic E-state index is 11.0. The van der Waals surface area contributed by atoms with Gasteiger partial charge in [-0.2, -0.15) is 0 Å². The van der Waals surface area contributed by atoms with Crippen LogP contribution in [0.2, 0.25) is 0 Å². The zero-order valence-electron chi connectivity index (χ0n) is 6.61. The maximum Gasteiger partial charge on any atom is 0.168 e. The predicted octanol–water partition coefficient (Wildman–Crippen LogP) is -0.302. The first kappa shape index (κ1) is 8.64. The molecule has 4 heteroatoms. The van der Waals surface area contributed by atoms with Crippen molar-refractivity contribution in [3.8, 4) is 0 Å². The van der Waals surface area contributed by atoms with Crippen molar-refractivity contribution in [3.63, 3.8) is 0 Å². The third-order valence-corrected chi connectivity index (χ3v) is 1.77. The van der Waals surface area contributed by atoms with Gasteiger partial charge in [0.15, 0.2) is 12.1 Å². The second-order valence-electron chi connectivity index (χ2n) is 2.62. The fraction of sp³-hybridized carbons (Fsp3) is 0.857. The van der Waals surface area contributed by atoms with Crippen LogP contribution in [-0.4, -0.2) is 36.5 Å². The monoisotopic (exact) mass is 160 g/mol. The van der Waals surface area contributed by atoms with E-state index in [9.17, 15) is 4.79 Å². The molecule has 1 unspecified atom stereocenters. The summed E-state index contributed by atoms with van der Waals surface area (Å²) in [4.78, 5) is 11.0. The summed E-state index contributed by atoms with van der Waals surface area (Å²) in [6.07, 6.45) is -1.79. The van der Waals surface area contributed by atoms with Crippen LogP contribution in [0.4, 0.5) is 0 Å². The van der Waals surface area contributed by atoms with Crippen LogP contribution in [0.25, 0.3) is 0 Å². The van der Waals surface area contributed by atoms with Crippen LogP contribution in [0.5, 0.6) is 0 Å². The molecule has 0 amide bonds. The van der Waals surface area contributed by atoms with Crippen molar-refractivity contribution in [3.05, 3.63) is 0 Å². The molecule has 0 aliphatic carbocycles. The normalized spacial score (nSPS) is 39.2. The first-order chi connectivity index (χ1) is 5.15. The highest BCUT2D eigenvalue weighted by atomic mass is 16.7. The minimum atomic E-state index is -0.985. The number of aliphatic hydroxyl groups is 1. The SMILES string of the molecule is CO[C@H]1CC(=O)[C@@H](O)C(C)O1. The molecule has 1 heterocycles. The summed E-state index contributed by atoms with van der Waals surface area (Å²) in [5.41, 5.74) is 0. The van der Waals surface area contributed by atoms with Crippen LogP contribution in [0, 0.1) is 0 Å². The number of ether oxygens (including phenoxy) is 2. The van der Waals surface area contributed by atoms with Gasteiger partial charge in [0.05, 0.1) is 12.5 Å². The zero-order chi connectivity index (χ0) is 8.43. The van der Waals surface area contributed by atoms with Gasteiger partial charge < -0.3 is 14.6 Å². The largest absolute Gasteiger partial charge is 0.383 e. The van der Waals surface area contributed by atoms with Crippen LogP contribution in [0.1, 0.15) is 13.3 Å². The lowest BCUT2D eigenvalue weighted by atomic mass is 10.0. The number of carbonyl (C=O) groups excluding carboxylic acids is 1. The Balaban J connectivity index is 2.54. The number of Topliss-reactive ketones (excluding diaryl/α,β-unsaturated/α-hetero) is 1. The molecule has 0 radical (unpaired) electrons. The van der Waals surface area contributed by atoms with Gasteiger partial charge >= 0.3 is 0 Å². The van der Waals surface area contributed by atoms with Gasteiger partial charge in [0.25, 0.3) is 0 Å². The molecular weight excluding hydrogens is 148 g/mol. The van der Waals surface area contributed by atoms with Gasteiger partial charge in [0.1, 0.15) is 6.10 Å². The molecule has 1 aliphatic heterocycles. The molecule has 11 heavy (non-hydrogen) atoms. The number of carbonyl (C=O) groups is 1. The van der Waals surface area contributed by atoms with E-state index < -0.39 is 18.5 Å². The molecule has 1 N–H and O–H groups in total. The van der Waals surface area contributed by atoms with E-state index in [2.05, 4.69) is 0 Å². The van der Waals surface area contributed by atoms with Gasteiger partial charge in [-0.05, 0) is 6.92 Å². The van der Waals surface area contributed by atoms with Crippen LogP contribution in [-0.2, 0) is 14.3 Å². The van der Waals surface area contributed by atoms with Crippen molar-refractivity contribution in [1.29, 1.82) is 0 Å². The first-order valence-corrected chi connectivity index (χ1v) is 3.54. The summed E-state index contributed by atoms with van der Waals surface area (Å²) >= 11 is 0. The highest BCUT2D eigenvalue weighted by molar-refractivity contribution is 5.84. The number of rotatable bonds is 1. The number of hydrogen-bond acceptors (Lipinski definition) is 4. The van der Waals surface area contributed by atoms with Crippen molar-refractivity contribution >= 4 is 5.78 Å². The molecule has 0 spiro atoms. The molecule has 4 nitrogen and oxygen atoms in total. The second-order valence-corrected chi connectivity index (χ2v) is 2.62. The molecule has 0 aromatic carbocycles. The average Bonchev–Trinajstić information content (AvgIpc) is 1.99. The average molecular weight is 160 g/mol. The fourth-order valence-corrected chi connectivity index (χ4v) is 1.05. The quantitative estimate of drug-likeness (QED) is 0.572. The molecule has 1 saturated heterocycles. The van der Waals surface area contributed by atoms with Crippen LogP contribution < -0.4 is 0 Å². The van der Waals surface area contributed by atoms with E-state index >= 15 is 0 Å². The Morgan fingerprint density at radius 2 is 2.36 bits per heavy atom. The molecule has 0 aromatic rings. The van der Waals surface area contributed by atoms with Crippen molar-refractivity contribution in [1.82, 2.24) is 0 Å². The smallest absolute Gasteiger partial charge is 0.168 e. The molecule has 1 rings (SSSR count). The summed E-state index contributed by atoms with van der Waals surface area (Å²) in [7, 11) is 1.47. The van der Waals surface area contributed by atoms with E-state index in [-0.39, 0.29) is 12.2 Å². The van der Waals surface area contributed by atoms with Crippen LogP contribution in [0.15, 0.2) is 0 Å². The first-order valence-electron chi connectivity index (χ1n) is 3.54. The van der Waals surface area contributed by atoms with Gasteiger partial charge in [-0.1, -0.05) is 0 Å². The van der Waals surface area contributed by atoms with E-state index in [1.165, 1.54) is 7.11 Å². The van der Waals surface area contributed by atoms with Gasteiger partial charge in [-0.25, -0.2) is 0 Å². The standard InChI is InChI=1S/C7H12O4/c1-4-7(9)5(8)3-6(10-2)11-4/h4,6-7,9H,3H2,1-2H3/t4?,6-,7+/m1/s1. The second kappa shape index (κ2) is 3.30. The lowest BCUT2D eigenvalue weighted by molar-refractivity contribution is -0.204. The van der Waals surface area contributed by atoms with Crippen molar-refractivity contribution in [2.75, 3.05) is 7.11 Å². The van der Waals surface area contributed by atoms with E-state index in [0.29, 0.717) is 0 Å². The molecule has 1 aliphatic rings. The molecule has 0 bridgehead atoms. The highest BCUT2D eigenvalue weighted by Gasteiger charge is 2.33. The number of ketones is 1. The number of hydrogen-bond donors (Lipinski definition) is 1. The Morgan fingerprint density at radius 3 is 2.82 bits per heavy atom. The maximum absolute atomic E-state index is 11.0. The summed E-state index contributed by atoms with van der Waals surface area (Å²) in [5, 5.41) is 9.13. The van der Waals surface area contributed by atoms with E-state index in [1.807, 2.05) is 0 Å². The Kier molecular flexibility index (Phi) is 2.59. The number of aliphatic hydroxyl groups excluding tert-OH is 1. The highest BCUT2D eigenvalue weighted by Crippen LogP contribution is 2.16. The van der Waals surface area contributed by atoms with Gasteiger partial charge in [-0.3, -0.25) is 4.79 Å². The Bertz CT molecular complexity index is 157. The fourth-order valence-electron chi connectivity index (χ4n) is 1.05. The third kappa shape index (κ3) is 1.77. The van der Waals surface area contributed by atoms with Crippen molar-refractivity contribution < 1.29 is 19.4 Å². The van der Waals surface area contributed by atoms with Crippen LogP contribution >= 0.6 is 0 Å². The Morgan fingerprint density at radius 1 is 1.73 bits per heavy atom. The molecule has 1 fully saturated rings. The van der Waals surface area contributed by atoms with Gasteiger partial charge in [0, 0.05) is 7.11 Å². The van der Waals surface area contributed by atoms with E-state index in [1.54, 1.807) is 6.92 Å².